The number of halogens is 1. The molecule has 1 fully saturated rings. The van der Waals surface area contributed by atoms with E-state index in [1.54, 1.807) is 0 Å². The molecular weight excluding hydrogens is 263 g/mol. The van der Waals surface area contributed by atoms with Crippen LogP contribution in [0.1, 0.15) is 33.6 Å². The van der Waals surface area contributed by atoms with Crippen molar-refractivity contribution < 1.29 is 0 Å². The lowest BCUT2D eigenvalue weighted by atomic mass is 10.1. The summed E-state index contributed by atoms with van der Waals surface area (Å²) in [5.74, 6) is 0. The van der Waals surface area contributed by atoms with Gasteiger partial charge in [0.25, 0.3) is 0 Å². The molecular formula is C9H17IN2. The average molecular weight is 280 g/mol. The van der Waals surface area contributed by atoms with Crippen molar-refractivity contribution >= 4 is 28.9 Å². The Hall–Kier alpha value is 0.200. The van der Waals surface area contributed by atoms with Crippen LogP contribution in [0.4, 0.5) is 0 Å². The molecule has 1 aliphatic heterocycles. The third-order valence-electron chi connectivity index (χ3n) is 1.81. The van der Waals surface area contributed by atoms with Crippen LogP contribution in [0.3, 0.4) is 0 Å². The van der Waals surface area contributed by atoms with Gasteiger partial charge in [0, 0.05) is 6.54 Å². The molecule has 0 spiro atoms. The van der Waals surface area contributed by atoms with E-state index in [0.29, 0.717) is 4.05 Å². The van der Waals surface area contributed by atoms with Gasteiger partial charge in [0.1, 0.15) is 0 Å². The highest BCUT2D eigenvalue weighted by Gasteiger charge is 2.19. The quantitative estimate of drug-likeness (QED) is 0.237. The normalized spacial score (nSPS) is 25.7. The zero-order valence-corrected chi connectivity index (χ0v) is 10.2. The Morgan fingerprint density at radius 1 is 1.50 bits per heavy atom. The van der Waals surface area contributed by atoms with Gasteiger partial charge in [-0.3, -0.25) is 4.99 Å². The highest BCUT2D eigenvalue weighted by Crippen LogP contribution is 2.21. The average Bonchev–Trinajstić information content (AvgIpc) is 2.29. The van der Waals surface area contributed by atoms with Crippen molar-refractivity contribution in [3.8, 4) is 0 Å². The van der Waals surface area contributed by atoms with E-state index >= 15 is 0 Å². The first-order valence-corrected chi connectivity index (χ1v) is 5.69. The summed E-state index contributed by atoms with van der Waals surface area (Å²) in [7, 11) is 0. The van der Waals surface area contributed by atoms with Gasteiger partial charge < -0.3 is 4.90 Å². The largest absolute Gasteiger partial charge is 0.351 e. The maximum atomic E-state index is 4.49. The van der Waals surface area contributed by atoms with Gasteiger partial charge in [0.15, 0.2) is 0 Å². The molecule has 1 unspecified atom stereocenters. The molecule has 1 atom stereocenters. The van der Waals surface area contributed by atoms with Crippen LogP contribution in [0.25, 0.3) is 0 Å². The molecule has 1 rings (SSSR count). The fraction of sp³-hybridized carbons (Fsp3) is 0.889. The third kappa shape index (κ3) is 3.29. The van der Waals surface area contributed by atoms with E-state index in [-0.39, 0.29) is 5.54 Å². The van der Waals surface area contributed by atoms with Crippen LogP contribution >= 0.6 is 22.6 Å². The Morgan fingerprint density at radius 2 is 2.17 bits per heavy atom. The molecule has 0 aromatic carbocycles. The number of hydrogen-bond acceptors (Lipinski definition) is 1. The van der Waals surface area contributed by atoms with Crippen molar-refractivity contribution in [3.63, 3.8) is 0 Å². The third-order valence-corrected chi connectivity index (χ3v) is 3.15. The summed E-state index contributed by atoms with van der Waals surface area (Å²) in [4.78, 5) is 6.81. The van der Waals surface area contributed by atoms with E-state index in [1.807, 2.05) is 6.34 Å². The van der Waals surface area contributed by atoms with Gasteiger partial charge in [-0.1, -0.05) is 22.6 Å². The zero-order valence-electron chi connectivity index (χ0n) is 8.05. The maximum Gasteiger partial charge on any atom is 0.0864 e. The van der Waals surface area contributed by atoms with Crippen molar-refractivity contribution in [1.29, 1.82) is 0 Å². The van der Waals surface area contributed by atoms with E-state index in [4.69, 9.17) is 0 Å². The number of nitrogens with zero attached hydrogens (tertiary/aromatic N) is 2. The van der Waals surface area contributed by atoms with Crippen molar-refractivity contribution in [2.75, 3.05) is 6.54 Å². The number of rotatable bonds is 1. The standard InChI is InChI=1S/C9H17IN2/c1-9(2,3)11-7-12-6-4-5-8(12)10/h7-8H,4-6H2,1-3H3. The van der Waals surface area contributed by atoms with E-state index < -0.39 is 0 Å². The molecule has 1 saturated heterocycles. The number of alkyl halides is 1. The monoisotopic (exact) mass is 280 g/mol. The fourth-order valence-electron chi connectivity index (χ4n) is 1.13. The minimum Gasteiger partial charge on any atom is -0.351 e. The van der Waals surface area contributed by atoms with Crippen molar-refractivity contribution in [1.82, 2.24) is 4.90 Å². The maximum absolute atomic E-state index is 4.49. The molecule has 70 valence electrons. The lowest BCUT2D eigenvalue weighted by molar-refractivity contribution is 0.498. The fourth-order valence-corrected chi connectivity index (χ4v) is 1.99. The van der Waals surface area contributed by atoms with E-state index in [1.165, 1.54) is 19.4 Å². The highest BCUT2D eigenvalue weighted by atomic mass is 127. The molecule has 0 N–H and O–H groups in total. The second-order valence-electron chi connectivity index (χ2n) is 4.23. The smallest absolute Gasteiger partial charge is 0.0864 e. The first kappa shape index (κ1) is 10.3. The van der Waals surface area contributed by atoms with E-state index in [9.17, 15) is 0 Å². The summed E-state index contributed by atoms with van der Waals surface area (Å²) in [6.45, 7) is 7.55. The van der Waals surface area contributed by atoms with Crippen LogP contribution in [-0.4, -0.2) is 27.4 Å². The SMILES string of the molecule is CC(C)(C)N=CN1CCCC1I. The van der Waals surface area contributed by atoms with Gasteiger partial charge in [-0.05, 0) is 33.6 Å². The zero-order chi connectivity index (χ0) is 9.19. The van der Waals surface area contributed by atoms with Crippen LogP contribution in [0.15, 0.2) is 4.99 Å². The van der Waals surface area contributed by atoms with E-state index in [0.717, 1.165) is 0 Å². The molecule has 12 heavy (non-hydrogen) atoms. The van der Waals surface area contributed by atoms with Crippen LogP contribution in [0, 0.1) is 0 Å². The molecule has 0 aromatic heterocycles. The Kier molecular flexibility index (Phi) is 3.37. The molecule has 0 radical (unpaired) electrons. The van der Waals surface area contributed by atoms with Crippen LogP contribution in [0.2, 0.25) is 0 Å². The van der Waals surface area contributed by atoms with Gasteiger partial charge >= 0.3 is 0 Å². The topological polar surface area (TPSA) is 15.6 Å². The first-order chi connectivity index (χ1) is 5.49. The molecule has 0 aromatic rings. The molecule has 0 saturated carbocycles. The van der Waals surface area contributed by atoms with E-state index in [2.05, 4.69) is 53.3 Å². The predicted molar refractivity (Wildman–Crippen MR) is 62.0 cm³/mol. The minimum atomic E-state index is 0.0684. The van der Waals surface area contributed by atoms with Crippen LogP contribution in [-0.2, 0) is 0 Å². The molecule has 1 heterocycles. The Bertz CT molecular complexity index is 172. The molecule has 0 amide bonds. The molecule has 0 bridgehead atoms. The summed E-state index contributed by atoms with van der Waals surface area (Å²) in [5, 5.41) is 0. The molecule has 0 aliphatic carbocycles. The molecule has 1 aliphatic rings. The summed E-state index contributed by atoms with van der Waals surface area (Å²) < 4.78 is 0.661. The van der Waals surface area contributed by atoms with Crippen molar-refractivity contribution in [2.45, 2.75) is 43.2 Å². The van der Waals surface area contributed by atoms with Crippen molar-refractivity contribution in [2.24, 2.45) is 4.99 Å². The molecule has 2 nitrogen and oxygen atoms in total. The summed E-state index contributed by atoms with van der Waals surface area (Å²) >= 11 is 2.48. The lowest BCUT2D eigenvalue weighted by Gasteiger charge is -2.19. The summed E-state index contributed by atoms with van der Waals surface area (Å²) in [6.07, 6.45) is 4.63. The van der Waals surface area contributed by atoms with Gasteiger partial charge in [-0.15, -0.1) is 0 Å². The summed E-state index contributed by atoms with van der Waals surface area (Å²) in [5.41, 5.74) is 0.0684. The summed E-state index contributed by atoms with van der Waals surface area (Å²) in [6, 6.07) is 0. The van der Waals surface area contributed by atoms with Gasteiger partial charge in [0.05, 0.1) is 15.9 Å². The predicted octanol–water partition coefficient (Wildman–Crippen LogP) is 2.67. The minimum absolute atomic E-state index is 0.0684. The Morgan fingerprint density at radius 3 is 2.58 bits per heavy atom. The second-order valence-corrected chi connectivity index (χ2v) is 5.67. The van der Waals surface area contributed by atoms with Crippen molar-refractivity contribution in [3.05, 3.63) is 0 Å². The van der Waals surface area contributed by atoms with Gasteiger partial charge in [0.2, 0.25) is 0 Å². The highest BCUT2D eigenvalue weighted by molar-refractivity contribution is 14.1. The van der Waals surface area contributed by atoms with Gasteiger partial charge in [-0.2, -0.15) is 0 Å². The Balaban J connectivity index is 2.45. The number of likely N-dealkylation sites (tertiary alicyclic amines) is 1. The Labute approximate surface area is 88.6 Å². The van der Waals surface area contributed by atoms with Crippen LogP contribution in [0.5, 0.6) is 0 Å². The number of aliphatic imine (C=N–C) groups is 1. The number of hydrogen-bond donors (Lipinski definition) is 0. The molecule has 3 heteroatoms. The van der Waals surface area contributed by atoms with Gasteiger partial charge in [-0.25, -0.2) is 0 Å². The lowest BCUT2D eigenvalue weighted by Crippen LogP contribution is -2.25. The van der Waals surface area contributed by atoms with Crippen LogP contribution < -0.4 is 0 Å². The first-order valence-electron chi connectivity index (χ1n) is 4.44. The second kappa shape index (κ2) is 3.94.